The summed E-state index contributed by atoms with van der Waals surface area (Å²) in [6.45, 7) is 7.81. The maximum atomic E-state index is 11.9. The minimum absolute atomic E-state index is 0. The van der Waals surface area contributed by atoms with Crippen molar-refractivity contribution in [1.82, 2.24) is 20.4 Å². The van der Waals surface area contributed by atoms with Crippen LogP contribution in [0.4, 0.5) is 0 Å². The van der Waals surface area contributed by atoms with Crippen molar-refractivity contribution in [2.45, 2.75) is 33.9 Å². The van der Waals surface area contributed by atoms with Crippen LogP contribution in [0.15, 0.2) is 53.5 Å². The molecular weight excluding hydrogens is 545 g/mol. The quantitative estimate of drug-likeness (QED) is 0.181. The third-order valence-corrected chi connectivity index (χ3v) is 5.11. The van der Waals surface area contributed by atoms with Gasteiger partial charge in [-0.2, -0.15) is 5.10 Å². The van der Waals surface area contributed by atoms with E-state index in [2.05, 4.69) is 40.9 Å². The number of nitrogens with zero attached hydrogens (tertiary/aromatic N) is 3. The maximum Gasteiger partial charge on any atom is 0.341 e. The van der Waals surface area contributed by atoms with E-state index in [0.717, 1.165) is 34.7 Å². The molecule has 0 aliphatic carbocycles. The van der Waals surface area contributed by atoms with Gasteiger partial charge in [0, 0.05) is 18.8 Å². The van der Waals surface area contributed by atoms with Gasteiger partial charge in [0.2, 0.25) is 0 Å². The zero-order chi connectivity index (χ0) is 23.8. The predicted molar refractivity (Wildman–Crippen MR) is 144 cm³/mol. The first-order chi connectivity index (χ1) is 16.0. The largest absolute Gasteiger partial charge is 0.496 e. The van der Waals surface area contributed by atoms with Crippen LogP contribution in [0.25, 0.3) is 5.69 Å². The summed E-state index contributed by atoms with van der Waals surface area (Å²) < 4.78 is 12.1. The summed E-state index contributed by atoms with van der Waals surface area (Å²) in [5.74, 6) is 0.723. The number of esters is 1. The van der Waals surface area contributed by atoms with Crippen LogP contribution in [0.5, 0.6) is 5.75 Å². The molecule has 1 aromatic heterocycles. The van der Waals surface area contributed by atoms with Crippen molar-refractivity contribution in [3.05, 3.63) is 76.6 Å². The number of rotatable bonds is 8. The van der Waals surface area contributed by atoms with E-state index in [1.54, 1.807) is 12.1 Å². The first-order valence-electron chi connectivity index (χ1n) is 10.9. The van der Waals surface area contributed by atoms with Crippen molar-refractivity contribution in [2.75, 3.05) is 20.8 Å². The minimum atomic E-state index is -0.432. The highest BCUT2D eigenvalue weighted by Crippen LogP contribution is 2.21. The monoisotopic (exact) mass is 577 g/mol. The fourth-order valence-electron chi connectivity index (χ4n) is 3.54. The number of aryl methyl sites for hydroxylation is 2. The Kier molecular flexibility index (Phi) is 10.4. The van der Waals surface area contributed by atoms with E-state index >= 15 is 0 Å². The Hall–Kier alpha value is -3.08. The summed E-state index contributed by atoms with van der Waals surface area (Å²) in [4.78, 5) is 16.6. The molecule has 3 rings (SSSR count). The van der Waals surface area contributed by atoms with Gasteiger partial charge in [0.05, 0.1) is 32.1 Å². The van der Waals surface area contributed by atoms with Crippen molar-refractivity contribution >= 4 is 35.9 Å². The van der Waals surface area contributed by atoms with Crippen LogP contribution in [0.1, 0.15) is 39.8 Å². The Morgan fingerprint density at radius 2 is 1.85 bits per heavy atom. The van der Waals surface area contributed by atoms with Gasteiger partial charge in [0.15, 0.2) is 5.96 Å². The fourth-order valence-corrected chi connectivity index (χ4v) is 3.54. The van der Waals surface area contributed by atoms with Gasteiger partial charge in [-0.1, -0.05) is 24.3 Å². The van der Waals surface area contributed by atoms with Crippen molar-refractivity contribution in [3.8, 4) is 11.4 Å². The number of aromatic nitrogens is 2. The van der Waals surface area contributed by atoms with E-state index in [0.29, 0.717) is 30.4 Å². The first kappa shape index (κ1) is 27.2. The molecule has 2 N–H and O–H groups in total. The number of ether oxygens (including phenoxy) is 2. The maximum absolute atomic E-state index is 11.9. The molecule has 8 nitrogen and oxygen atoms in total. The summed E-state index contributed by atoms with van der Waals surface area (Å²) in [5.41, 5.74) is 5.52. The lowest BCUT2D eigenvalue weighted by Crippen LogP contribution is -2.37. The zero-order valence-electron chi connectivity index (χ0n) is 20.2. The van der Waals surface area contributed by atoms with E-state index < -0.39 is 5.97 Å². The third kappa shape index (κ3) is 6.72. The normalized spacial score (nSPS) is 10.9. The number of carbonyl (C=O) groups is 1. The molecule has 0 bridgehead atoms. The highest BCUT2D eigenvalue weighted by atomic mass is 127. The summed E-state index contributed by atoms with van der Waals surface area (Å²) >= 11 is 0. The van der Waals surface area contributed by atoms with E-state index in [4.69, 9.17) is 14.5 Å². The molecule has 0 fully saturated rings. The molecule has 0 aliphatic rings. The number of nitrogens with one attached hydrogen (secondary N) is 2. The lowest BCUT2D eigenvalue weighted by Gasteiger charge is -2.15. The molecule has 0 unspecified atom stereocenters. The second-order valence-electron chi connectivity index (χ2n) is 7.54. The van der Waals surface area contributed by atoms with Crippen LogP contribution < -0.4 is 15.4 Å². The van der Waals surface area contributed by atoms with Crippen LogP contribution in [-0.4, -0.2) is 42.5 Å². The number of hydrogen-bond acceptors (Lipinski definition) is 5. The highest BCUT2D eigenvalue weighted by Gasteiger charge is 2.13. The molecule has 182 valence electrons. The lowest BCUT2D eigenvalue weighted by molar-refractivity contribution is 0.0597. The van der Waals surface area contributed by atoms with Gasteiger partial charge in [0.25, 0.3) is 0 Å². The summed E-state index contributed by atoms with van der Waals surface area (Å²) in [7, 11) is 2.88. The predicted octanol–water partition coefficient (Wildman–Crippen LogP) is 4.16. The minimum Gasteiger partial charge on any atom is -0.496 e. The SMILES string of the molecule is CCNC(=NCc1ccc(C(=O)OC)c(OC)c1)NCc1ccccc1-n1nc(C)cc1C.I. The van der Waals surface area contributed by atoms with Gasteiger partial charge in [-0.05, 0) is 56.2 Å². The Bertz CT molecular complexity index is 1140. The van der Waals surface area contributed by atoms with Gasteiger partial charge in [0.1, 0.15) is 11.3 Å². The number of aliphatic imine (C=N–C) groups is 1. The van der Waals surface area contributed by atoms with Gasteiger partial charge in [-0.3, -0.25) is 0 Å². The van der Waals surface area contributed by atoms with E-state index in [9.17, 15) is 4.79 Å². The second-order valence-corrected chi connectivity index (χ2v) is 7.54. The number of guanidine groups is 1. The fraction of sp³-hybridized carbons (Fsp3) is 0.320. The topological polar surface area (TPSA) is 89.8 Å². The van der Waals surface area contributed by atoms with Crippen molar-refractivity contribution in [1.29, 1.82) is 0 Å². The molecule has 0 atom stereocenters. The van der Waals surface area contributed by atoms with Crippen LogP contribution >= 0.6 is 24.0 Å². The van der Waals surface area contributed by atoms with Crippen molar-refractivity contribution in [2.24, 2.45) is 4.99 Å². The van der Waals surface area contributed by atoms with Crippen LogP contribution in [0, 0.1) is 13.8 Å². The number of benzene rings is 2. The van der Waals surface area contributed by atoms with Gasteiger partial charge < -0.3 is 20.1 Å². The highest BCUT2D eigenvalue weighted by molar-refractivity contribution is 14.0. The third-order valence-electron chi connectivity index (χ3n) is 5.11. The summed E-state index contributed by atoms with van der Waals surface area (Å²) in [5, 5.41) is 11.3. The Labute approximate surface area is 217 Å². The Morgan fingerprint density at radius 3 is 2.50 bits per heavy atom. The molecule has 1 heterocycles. The van der Waals surface area contributed by atoms with Gasteiger partial charge in [-0.25, -0.2) is 14.5 Å². The molecule has 34 heavy (non-hydrogen) atoms. The molecule has 0 spiro atoms. The molecule has 0 saturated carbocycles. The molecule has 0 amide bonds. The molecule has 0 aliphatic heterocycles. The van der Waals surface area contributed by atoms with E-state index in [1.165, 1.54) is 14.2 Å². The smallest absolute Gasteiger partial charge is 0.341 e. The van der Waals surface area contributed by atoms with Crippen LogP contribution in [0.3, 0.4) is 0 Å². The Balaban J connectivity index is 0.00000408. The molecule has 3 aromatic rings. The second kappa shape index (κ2) is 13.0. The van der Waals surface area contributed by atoms with E-state index in [1.807, 2.05) is 36.7 Å². The number of hydrogen-bond donors (Lipinski definition) is 2. The van der Waals surface area contributed by atoms with Gasteiger partial charge in [-0.15, -0.1) is 24.0 Å². The summed E-state index contributed by atoms with van der Waals surface area (Å²) in [6, 6.07) is 15.6. The first-order valence-corrected chi connectivity index (χ1v) is 10.9. The standard InChI is InChI=1S/C25H31N5O3.HI/c1-6-26-25(27-15-19-11-12-21(24(31)33-5)23(14-19)32-4)28-16-20-9-7-8-10-22(20)30-18(3)13-17(2)29-30;/h7-14H,6,15-16H2,1-5H3,(H2,26,27,28);1H. The zero-order valence-corrected chi connectivity index (χ0v) is 22.5. The molecule has 9 heteroatoms. The lowest BCUT2D eigenvalue weighted by atomic mass is 10.1. The molecule has 0 saturated heterocycles. The van der Waals surface area contributed by atoms with Crippen LogP contribution in [-0.2, 0) is 17.8 Å². The Morgan fingerprint density at radius 1 is 1.09 bits per heavy atom. The van der Waals surface area contributed by atoms with Crippen LogP contribution in [0.2, 0.25) is 0 Å². The molecular formula is C25H32IN5O3. The number of para-hydroxylation sites is 1. The summed E-state index contributed by atoms with van der Waals surface area (Å²) in [6.07, 6.45) is 0. The average molecular weight is 577 g/mol. The number of methoxy groups -OCH3 is 2. The molecule has 2 aromatic carbocycles. The average Bonchev–Trinajstić information content (AvgIpc) is 3.17. The van der Waals surface area contributed by atoms with Crippen molar-refractivity contribution < 1.29 is 14.3 Å². The number of halogens is 1. The van der Waals surface area contributed by atoms with Gasteiger partial charge >= 0.3 is 5.97 Å². The molecule has 0 radical (unpaired) electrons. The number of carbonyl (C=O) groups excluding carboxylic acids is 1. The van der Waals surface area contributed by atoms with Crippen molar-refractivity contribution in [3.63, 3.8) is 0 Å². The van der Waals surface area contributed by atoms with E-state index in [-0.39, 0.29) is 24.0 Å².